The van der Waals surface area contributed by atoms with Gasteiger partial charge in [-0.2, -0.15) is 13.7 Å². The highest BCUT2D eigenvalue weighted by Crippen LogP contribution is 2.51. The molecule has 0 unspecified atom stereocenters. The Balaban J connectivity index is 0.000000151. The van der Waals surface area contributed by atoms with Gasteiger partial charge in [0, 0.05) is 181 Å². The lowest BCUT2D eigenvalue weighted by Crippen LogP contribution is -2.40. The van der Waals surface area contributed by atoms with E-state index in [0.717, 1.165) is 227 Å². The number of aromatic nitrogens is 3. The Labute approximate surface area is 829 Å². The Hall–Kier alpha value is -11.4. The molecule has 7 heterocycles. The van der Waals surface area contributed by atoms with E-state index in [9.17, 15) is 34.2 Å². The van der Waals surface area contributed by atoms with Crippen LogP contribution in [-0.4, -0.2) is 144 Å². The molecule has 11 aromatic rings. The zero-order valence-electron chi connectivity index (χ0n) is 79.9. The number of carbonyl (C=O) groups excluding carboxylic acids is 5. The summed E-state index contributed by atoms with van der Waals surface area (Å²) in [6, 6.07) is 65.7. The van der Waals surface area contributed by atoms with E-state index in [1.807, 2.05) is 110 Å². The molecule has 3 aliphatic carbocycles. The minimum atomic E-state index is -0.329. The molecule has 21 nitrogen and oxygen atoms in total. The highest BCUT2D eigenvalue weighted by atomic mass is 32.2. The maximum Gasteiger partial charge on any atom is 0.493 e. The summed E-state index contributed by atoms with van der Waals surface area (Å²) < 4.78 is 21.6. The van der Waals surface area contributed by atoms with Crippen LogP contribution in [0.3, 0.4) is 0 Å². The fraction of sp³-hybridized carbons (Fsp3) is 0.321. The fourth-order valence-corrected chi connectivity index (χ4v) is 25.2. The van der Waals surface area contributed by atoms with E-state index >= 15 is 0 Å². The molecule has 0 atom stereocenters. The summed E-state index contributed by atoms with van der Waals surface area (Å²) in [6.45, 7) is 25.2. The number of para-hydroxylation sites is 9. The molecule has 2 amide bonds. The summed E-state index contributed by atoms with van der Waals surface area (Å²) in [5.74, 6) is 5.93. The number of aliphatic hydroxyl groups is 2. The van der Waals surface area contributed by atoms with Crippen LogP contribution < -0.4 is 64.1 Å². The van der Waals surface area contributed by atoms with Crippen molar-refractivity contribution in [2.45, 2.75) is 133 Å². The van der Waals surface area contributed by atoms with Crippen LogP contribution in [0.15, 0.2) is 278 Å². The number of rotatable bonds is 37. The lowest BCUT2D eigenvalue weighted by Gasteiger charge is -2.28. The van der Waals surface area contributed by atoms with Crippen LogP contribution in [-0.2, 0) is 52.9 Å². The number of anilines is 9. The number of ketones is 3. The second-order valence-electron chi connectivity index (χ2n) is 33.9. The zero-order chi connectivity index (χ0) is 95.8. The summed E-state index contributed by atoms with van der Waals surface area (Å²) >= 11 is 10.3. The minimum Gasteiger partial charge on any atom is -0.407 e. The lowest BCUT2D eigenvalue weighted by molar-refractivity contribution is -0.670. The van der Waals surface area contributed by atoms with Crippen molar-refractivity contribution in [1.29, 1.82) is 0 Å². The molecule has 0 radical (unpaired) electrons. The van der Waals surface area contributed by atoms with Gasteiger partial charge < -0.3 is 64.5 Å². The number of aryl methyl sites for hydroxylation is 2. The van der Waals surface area contributed by atoms with Crippen molar-refractivity contribution in [3.63, 3.8) is 0 Å². The average Bonchev–Trinajstić information content (AvgIpc) is 1.63. The molecule has 0 spiro atoms. The van der Waals surface area contributed by atoms with Gasteiger partial charge in [-0.15, -0.1) is 35.3 Å². The van der Waals surface area contributed by atoms with Gasteiger partial charge in [0.15, 0.2) is 23.9 Å². The van der Waals surface area contributed by atoms with E-state index in [0.29, 0.717) is 44.7 Å². The number of hydrogen-bond acceptors (Lipinski definition) is 22. The molecule has 3 aromatic heterocycles. The van der Waals surface area contributed by atoms with Crippen molar-refractivity contribution < 1.29 is 57.2 Å². The van der Waals surface area contributed by atoms with E-state index in [1.54, 1.807) is 69.3 Å². The van der Waals surface area contributed by atoms with Crippen LogP contribution in [0, 0.1) is 0 Å². The summed E-state index contributed by atoms with van der Waals surface area (Å²) in [5.41, 5.74) is 18.6. The molecule has 708 valence electrons. The van der Waals surface area contributed by atoms with Crippen molar-refractivity contribution in [2.75, 3.05) is 142 Å². The maximum atomic E-state index is 14.0. The maximum absolute atomic E-state index is 14.0. The summed E-state index contributed by atoms with van der Waals surface area (Å²) in [4.78, 5) is 85.5. The molecular weight excluding hydrogens is 1820 g/mol. The minimum absolute atomic E-state index is 0.0167. The van der Waals surface area contributed by atoms with Gasteiger partial charge in [-0.3, -0.25) is 24.0 Å². The van der Waals surface area contributed by atoms with Crippen LogP contribution in [0.2, 0.25) is 0 Å². The first-order chi connectivity index (χ1) is 67.0. The van der Waals surface area contributed by atoms with E-state index in [1.165, 1.54) is 43.2 Å². The average molecular weight is 1950 g/mol. The smallest absolute Gasteiger partial charge is 0.407 e. The number of aliphatic hydroxyl groups excluding tert-OH is 2. The van der Waals surface area contributed by atoms with E-state index in [2.05, 4.69) is 249 Å². The molecule has 7 aliphatic rings. The number of thioether (sulfide) groups is 3. The molecule has 1 saturated heterocycles. The Morgan fingerprint density at radius 2 is 0.759 bits per heavy atom. The van der Waals surface area contributed by atoms with Crippen LogP contribution in [0.5, 0.6) is 0 Å². The highest BCUT2D eigenvalue weighted by Gasteiger charge is 2.42. The molecule has 4 aliphatic heterocycles. The van der Waals surface area contributed by atoms with E-state index in [4.69, 9.17) is 9.31 Å². The number of Topliss-reactive ketones (excluding diaryl/α,β-unsaturated/α-hetero) is 3. The number of thiazole rings is 3. The summed E-state index contributed by atoms with van der Waals surface area (Å²) in [5, 5.41) is 28.6. The third-order valence-electron chi connectivity index (χ3n) is 25.2. The first-order valence-electron chi connectivity index (χ1n) is 48.1. The largest absolute Gasteiger partial charge is 0.493 e. The molecular formula is C109H122BN12O9S6+3. The Morgan fingerprint density at radius 1 is 0.416 bits per heavy atom. The number of allylic oxidation sites excluding steroid dienone is 9. The molecule has 18 rings (SSSR count). The van der Waals surface area contributed by atoms with Crippen LogP contribution in [0.1, 0.15) is 128 Å². The lowest BCUT2D eigenvalue weighted by atomic mass is 9.78. The number of β-amino-alcohol motifs (C(OH)–C–C–N with tert-alkyl or cyclic N) is 1. The van der Waals surface area contributed by atoms with Gasteiger partial charge in [-0.1, -0.05) is 139 Å². The van der Waals surface area contributed by atoms with Gasteiger partial charge in [-0.25, -0.2) is 0 Å². The fourth-order valence-electron chi connectivity index (χ4n) is 18.5. The predicted octanol–water partition coefficient (Wildman–Crippen LogP) is 20.7. The first kappa shape index (κ1) is 98.6. The second kappa shape index (κ2) is 46.4. The Kier molecular flexibility index (Phi) is 33.4. The van der Waals surface area contributed by atoms with E-state index in [-0.39, 0.29) is 49.5 Å². The number of carbonyl (C=O) groups is 5. The number of fused-ring (bicyclic) bond motifs is 6. The first-order valence-corrected chi connectivity index (χ1v) is 53.5. The number of unbranched alkanes of at least 4 members (excludes halogenated alkanes) is 4. The molecule has 0 bridgehead atoms. The number of nitrogens with zero attached hydrogens (tertiary/aromatic N) is 10. The number of amides is 2. The summed E-state index contributed by atoms with van der Waals surface area (Å²) in [7, 11) is 3.67. The monoisotopic (exact) mass is 1950 g/mol. The van der Waals surface area contributed by atoms with Crippen molar-refractivity contribution >= 4 is 211 Å². The van der Waals surface area contributed by atoms with Crippen molar-refractivity contribution in [2.24, 2.45) is 0 Å². The molecule has 1 fully saturated rings. The number of hydrogen-bond donors (Lipinski definition) is 4. The van der Waals surface area contributed by atoms with Gasteiger partial charge in [-0.05, 0) is 213 Å². The molecule has 28 heteroatoms. The Bertz CT molecular complexity index is 6550. The second-order valence-corrected chi connectivity index (χ2v) is 40.6. The SMILES string of the molecule is CCN1C(=CC2=C(SCCCCCC(=O)Nc3ccc(B4OCCCO4)cc3)/C(=C\c3sc4ccccc4[n+]3CC)C2=O)N(CC)c2ccccc21.CCN1C(=CC2=C(SCCCCCC(=O)Nc3ccc(N(C)C)cc3)/C(=C\c3sc4ccccc4[n+]3CC)C2=O)N(CC)c2ccccc21.CCSC1=C(/C=C2/N(CC)c3ccccc3N2CCO)C(=O)/C1=C/c1sc2ccccc2[n+]1CCO. The Morgan fingerprint density at radius 3 is 1.12 bits per heavy atom. The van der Waals surface area contributed by atoms with Crippen molar-refractivity contribution in [1.82, 2.24) is 0 Å². The molecule has 4 N–H and O–H groups in total. The van der Waals surface area contributed by atoms with Gasteiger partial charge in [0.25, 0.3) is 15.0 Å². The normalized spacial score (nSPS) is 16.3. The number of nitrogens with one attached hydrogen (secondary N) is 2. The standard InChI is InChI=1S/C41H45BN4O4S2.C40H45N5O2S2.C28H30N3O3S2/c1-4-44-33-15-9-10-16-34(33)45(5-2)38(44)27-31-40(48)32(28-39-46(6-3)35-17-11-12-18-36(35)52-39)41(31)51-26-13-7-8-19-37(47)43-30-22-20-29(21-23-30)42-49-24-14-25-50-42;1-6-43-32-16-11-12-17-33(32)44(7-2)37(43)26-30-39(47)31(27-38-45(8-3)34-18-13-14-19-35(34)49-38)40(30)48-25-15-9-10-20-36(46)41-28-21-23-29(24-22-28)42(4)5;1-3-29-21-9-5-6-10-22(21)30(13-15-32)25(29)17-19-27(34)20(28(19)35-4-2)18-26-31(14-16-33)23-11-7-8-12-24(23)36-26/h9-12,15-18,20-23,27-28H,4-8,13-14,19,24-26H2,1-3H3;11-14,16-19,21-24,26-27H,6-10,15,20,25H2,1-5H3;5-12,17-18,32-33H,3-4,13-16H2,1-2H3/q;;+1/p+2. The molecule has 0 saturated carbocycles. The van der Waals surface area contributed by atoms with Gasteiger partial charge in [0.2, 0.25) is 28.4 Å². The highest BCUT2D eigenvalue weighted by molar-refractivity contribution is 8.04. The third kappa shape index (κ3) is 21.4. The van der Waals surface area contributed by atoms with Crippen molar-refractivity contribution in [3.05, 3.63) is 293 Å². The van der Waals surface area contributed by atoms with Gasteiger partial charge >= 0.3 is 7.12 Å². The zero-order valence-corrected chi connectivity index (χ0v) is 84.8. The predicted molar refractivity (Wildman–Crippen MR) is 574 cm³/mol. The van der Waals surface area contributed by atoms with E-state index < -0.39 is 0 Å². The van der Waals surface area contributed by atoms with Gasteiger partial charge in [0.05, 0.1) is 40.7 Å². The van der Waals surface area contributed by atoms with Crippen LogP contribution >= 0.6 is 69.3 Å². The quantitative estimate of drug-likeness (QED) is 0.0124. The van der Waals surface area contributed by atoms with Crippen LogP contribution in [0.25, 0.3) is 48.9 Å². The number of benzene rings is 8. The molecule has 137 heavy (non-hydrogen) atoms. The van der Waals surface area contributed by atoms with Crippen molar-refractivity contribution in [3.8, 4) is 0 Å². The molecule has 8 aromatic carbocycles. The van der Waals surface area contributed by atoms with Crippen LogP contribution in [0.4, 0.5) is 51.2 Å². The third-order valence-corrected chi connectivity index (χ3v) is 32.0. The van der Waals surface area contributed by atoms with Gasteiger partial charge in [0.1, 0.15) is 51.3 Å². The summed E-state index contributed by atoms with van der Waals surface area (Å²) in [6.07, 6.45) is 19.7. The topological polar surface area (TPSA) is 203 Å².